The lowest BCUT2D eigenvalue weighted by atomic mass is 10.0. The Morgan fingerprint density at radius 2 is 1.81 bits per heavy atom. The molecule has 2 nitrogen and oxygen atoms in total. The molecule has 0 aliphatic carbocycles. The van der Waals surface area contributed by atoms with E-state index in [9.17, 15) is 17.6 Å². The number of alkyl halides is 3. The van der Waals surface area contributed by atoms with Gasteiger partial charge in [-0.3, -0.25) is 4.98 Å². The summed E-state index contributed by atoms with van der Waals surface area (Å²) in [7, 11) is 0. The molecule has 21 heavy (non-hydrogen) atoms. The predicted molar refractivity (Wildman–Crippen MR) is 71.2 cm³/mol. The van der Waals surface area contributed by atoms with Crippen LogP contribution < -0.4 is 5.32 Å². The van der Waals surface area contributed by atoms with Crippen molar-refractivity contribution in [3.8, 4) is 0 Å². The molecule has 0 saturated heterocycles. The third-order valence-corrected chi connectivity index (χ3v) is 3.04. The van der Waals surface area contributed by atoms with Gasteiger partial charge in [-0.2, -0.15) is 13.2 Å². The molecule has 1 heterocycles. The van der Waals surface area contributed by atoms with Crippen molar-refractivity contribution in [1.82, 2.24) is 10.3 Å². The maximum Gasteiger partial charge on any atom is 0.416 e. The molecule has 2 rings (SSSR count). The van der Waals surface area contributed by atoms with E-state index in [0.717, 1.165) is 12.1 Å². The van der Waals surface area contributed by atoms with E-state index in [-0.39, 0.29) is 5.69 Å². The molecule has 0 aliphatic rings. The number of aromatic nitrogens is 1. The second-order valence-electron chi connectivity index (χ2n) is 4.48. The Balaban J connectivity index is 2.37. The van der Waals surface area contributed by atoms with E-state index in [1.54, 1.807) is 0 Å². The fraction of sp³-hybridized carbons (Fsp3) is 0.267. The molecule has 0 aliphatic heterocycles. The maximum atomic E-state index is 13.8. The summed E-state index contributed by atoms with van der Waals surface area (Å²) in [4.78, 5) is 3.99. The molecule has 1 aromatic carbocycles. The summed E-state index contributed by atoms with van der Waals surface area (Å²) in [6.45, 7) is 2.36. The van der Waals surface area contributed by atoms with Gasteiger partial charge in [-0.25, -0.2) is 4.39 Å². The van der Waals surface area contributed by atoms with Gasteiger partial charge < -0.3 is 5.32 Å². The minimum absolute atomic E-state index is 0.166. The van der Waals surface area contributed by atoms with Gasteiger partial charge in [-0.1, -0.05) is 19.1 Å². The summed E-state index contributed by atoms with van der Waals surface area (Å²) < 4.78 is 51.5. The quantitative estimate of drug-likeness (QED) is 0.865. The van der Waals surface area contributed by atoms with Gasteiger partial charge in [0, 0.05) is 6.20 Å². The van der Waals surface area contributed by atoms with Crippen LogP contribution in [0.2, 0.25) is 0 Å². The standard InChI is InChI=1S/C15H14F4N2/c1-2-20-13(14-12(16)4-3-9-21-14)10-5-7-11(8-6-10)15(17,18)19/h3-9,13,20H,2H2,1H3. The fourth-order valence-electron chi connectivity index (χ4n) is 2.05. The van der Waals surface area contributed by atoms with Gasteiger partial charge in [0.15, 0.2) is 0 Å². The number of pyridine rings is 1. The van der Waals surface area contributed by atoms with Crippen LogP contribution in [0.15, 0.2) is 42.6 Å². The van der Waals surface area contributed by atoms with Crippen molar-refractivity contribution in [1.29, 1.82) is 0 Å². The highest BCUT2D eigenvalue weighted by Crippen LogP contribution is 2.31. The van der Waals surface area contributed by atoms with Crippen molar-refractivity contribution in [3.05, 3.63) is 65.2 Å². The minimum atomic E-state index is -4.39. The van der Waals surface area contributed by atoms with E-state index in [4.69, 9.17) is 0 Å². The molecule has 6 heteroatoms. The molecule has 1 atom stereocenters. The maximum absolute atomic E-state index is 13.8. The SMILES string of the molecule is CCNC(c1ccc(C(F)(F)F)cc1)c1ncccc1F. The van der Waals surface area contributed by atoms with Gasteiger partial charge in [-0.05, 0) is 36.4 Å². The first-order chi connectivity index (χ1) is 9.93. The lowest BCUT2D eigenvalue weighted by Crippen LogP contribution is -2.24. The molecule has 0 fully saturated rings. The van der Waals surface area contributed by atoms with E-state index >= 15 is 0 Å². The van der Waals surface area contributed by atoms with Crippen LogP contribution >= 0.6 is 0 Å². The Labute approximate surface area is 119 Å². The number of halogens is 4. The smallest absolute Gasteiger partial charge is 0.305 e. The summed E-state index contributed by atoms with van der Waals surface area (Å²) in [5.74, 6) is -0.497. The average Bonchev–Trinajstić information content (AvgIpc) is 2.45. The molecule has 112 valence electrons. The lowest BCUT2D eigenvalue weighted by Gasteiger charge is -2.19. The Bertz CT molecular complexity index is 593. The molecule has 0 amide bonds. The summed E-state index contributed by atoms with van der Waals surface area (Å²) in [5.41, 5.74) is -0.0375. The van der Waals surface area contributed by atoms with Gasteiger partial charge in [0.2, 0.25) is 0 Å². The molecular weight excluding hydrogens is 284 g/mol. The highest BCUT2D eigenvalue weighted by molar-refractivity contribution is 5.32. The summed E-state index contributed by atoms with van der Waals surface area (Å²) >= 11 is 0. The Morgan fingerprint density at radius 3 is 2.33 bits per heavy atom. The molecule has 0 radical (unpaired) electrons. The van der Waals surface area contributed by atoms with Crippen molar-refractivity contribution in [3.63, 3.8) is 0 Å². The second-order valence-corrected chi connectivity index (χ2v) is 4.48. The highest BCUT2D eigenvalue weighted by Gasteiger charge is 2.30. The largest absolute Gasteiger partial charge is 0.416 e. The first-order valence-electron chi connectivity index (χ1n) is 6.44. The summed E-state index contributed by atoms with van der Waals surface area (Å²) in [6.07, 6.45) is -2.94. The fourth-order valence-corrected chi connectivity index (χ4v) is 2.05. The van der Waals surface area contributed by atoms with Gasteiger partial charge in [0.05, 0.1) is 17.3 Å². The lowest BCUT2D eigenvalue weighted by molar-refractivity contribution is -0.137. The van der Waals surface area contributed by atoms with Crippen LogP contribution in [0.1, 0.15) is 29.8 Å². The van der Waals surface area contributed by atoms with Crippen LogP contribution in [0.4, 0.5) is 17.6 Å². The zero-order chi connectivity index (χ0) is 15.5. The third kappa shape index (κ3) is 3.58. The number of hydrogen-bond donors (Lipinski definition) is 1. The van der Waals surface area contributed by atoms with E-state index < -0.39 is 23.6 Å². The predicted octanol–water partition coefficient (Wildman–Crippen LogP) is 3.94. The number of rotatable bonds is 4. The zero-order valence-corrected chi connectivity index (χ0v) is 11.3. The minimum Gasteiger partial charge on any atom is -0.305 e. The van der Waals surface area contributed by atoms with Gasteiger partial charge in [0.25, 0.3) is 0 Å². The number of benzene rings is 1. The van der Waals surface area contributed by atoms with Gasteiger partial charge >= 0.3 is 6.18 Å². The monoisotopic (exact) mass is 298 g/mol. The van der Waals surface area contributed by atoms with Crippen LogP contribution in [-0.4, -0.2) is 11.5 Å². The van der Waals surface area contributed by atoms with E-state index in [0.29, 0.717) is 12.1 Å². The van der Waals surface area contributed by atoms with Crippen LogP contribution in [0.5, 0.6) is 0 Å². The molecule has 0 spiro atoms. The van der Waals surface area contributed by atoms with Crippen molar-refractivity contribution in [2.24, 2.45) is 0 Å². The highest BCUT2D eigenvalue weighted by atomic mass is 19.4. The molecular formula is C15H14F4N2. The second kappa shape index (κ2) is 6.22. The van der Waals surface area contributed by atoms with E-state index in [1.165, 1.54) is 30.5 Å². The van der Waals surface area contributed by atoms with E-state index in [2.05, 4.69) is 10.3 Å². The molecule has 1 unspecified atom stereocenters. The Morgan fingerprint density at radius 1 is 1.14 bits per heavy atom. The van der Waals surface area contributed by atoms with Gasteiger partial charge in [0.1, 0.15) is 5.82 Å². The van der Waals surface area contributed by atoms with Crippen LogP contribution in [0.3, 0.4) is 0 Å². The zero-order valence-electron chi connectivity index (χ0n) is 11.3. The number of hydrogen-bond acceptors (Lipinski definition) is 2. The summed E-state index contributed by atoms with van der Waals surface area (Å²) in [5, 5.41) is 3.03. The topological polar surface area (TPSA) is 24.9 Å². The van der Waals surface area contributed by atoms with Crippen molar-refractivity contribution in [2.75, 3.05) is 6.54 Å². The third-order valence-electron chi connectivity index (χ3n) is 3.04. The van der Waals surface area contributed by atoms with Gasteiger partial charge in [-0.15, -0.1) is 0 Å². The molecule has 0 bridgehead atoms. The first kappa shape index (κ1) is 15.4. The Hall–Kier alpha value is -1.95. The van der Waals surface area contributed by atoms with Crippen molar-refractivity contribution in [2.45, 2.75) is 19.1 Å². The molecule has 1 aromatic heterocycles. The summed E-state index contributed by atoms with van der Waals surface area (Å²) in [6, 6.07) is 6.81. The average molecular weight is 298 g/mol. The van der Waals surface area contributed by atoms with Crippen LogP contribution in [0.25, 0.3) is 0 Å². The van der Waals surface area contributed by atoms with Crippen molar-refractivity contribution < 1.29 is 17.6 Å². The first-order valence-corrected chi connectivity index (χ1v) is 6.44. The molecule has 0 saturated carbocycles. The van der Waals surface area contributed by atoms with Crippen LogP contribution in [-0.2, 0) is 6.18 Å². The normalized spacial score (nSPS) is 13.2. The van der Waals surface area contributed by atoms with Crippen LogP contribution in [0, 0.1) is 5.82 Å². The number of nitrogens with one attached hydrogen (secondary N) is 1. The number of nitrogens with zero attached hydrogens (tertiary/aromatic N) is 1. The van der Waals surface area contributed by atoms with Crippen molar-refractivity contribution >= 4 is 0 Å². The van der Waals surface area contributed by atoms with E-state index in [1.807, 2.05) is 6.92 Å². The molecule has 2 aromatic rings. The molecule has 1 N–H and O–H groups in total. The Kier molecular flexibility index (Phi) is 4.57.